The maximum atomic E-state index is 12.8. The number of nitro benzene ring substituents is 1. The first-order chi connectivity index (χ1) is 11.1. The van der Waals surface area contributed by atoms with Gasteiger partial charge in [-0.25, -0.2) is 0 Å². The summed E-state index contributed by atoms with van der Waals surface area (Å²) >= 11 is 0. The standard InChI is InChI=1S/C15H19N5O3/c1-16-8-10-3-2-6-19(9-10)15(21)14-12-7-11(20(22)23)4-5-13(12)17-18-14/h4-5,7,10,16H,2-3,6,8-9H2,1H3,(H,17,18). The number of rotatable bonds is 4. The molecule has 8 nitrogen and oxygen atoms in total. The molecule has 0 bridgehead atoms. The summed E-state index contributed by atoms with van der Waals surface area (Å²) in [4.78, 5) is 25.0. The number of carbonyl (C=O) groups is 1. The van der Waals surface area contributed by atoms with E-state index in [4.69, 9.17) is 0 Å². The van der Waals surface area contributed by atoms with E-state index in [1.54, 1.807) is 11.0 Å². The SMILES string of the molecule is CNCC1CCCN(C(=O)c2n[nH]c3ccc([N+](=O)[O-])cc23)C1. The zero-order valence-corrected chi connectivity index (χ0v) is 12.9. The smallest absolute Gasteiger partial charge is 0.275 e. The zero-order valence-electron chi connectivity index (χ0n) is 12.9. The summed E-state index contributed by atoms with van der Waals surface area (Å²) in [6.45, 7) is 2.25. The Hall–Kier alpha value is -2.48. The number of benzene rings is 1. The van der Waals surface area contributed by atoms with Crippen LogP contribution in [0.25, 0.3) is 10.9 Å². The van der Waals surface area contributed by atoms with Crippen LogP contribution >= 0.6 is 0 Å². The van der Waals surface area contributed by atoms with Crippen molar-refractivity contribution < 1.29 is 9.72 Å². The zero-order chi connectivity index (χ0) is 16.4. The highest BCUT2D eigenvalue weighted by Crippen LogP contribution is 2.24. The van der Waals surface area contributed by atoms with E-state index in [-0.39, 0.29) is 17.3 Å². The second-order valence-corrected chi connectivity index (χ2v) is 5.88. The fraction of sp³-hybridized carbons (Fsp3) is 0.467. The lowest BCUT2D eigenvalue weighted by molar-refractivity contribution is -0.384. The van der Waals surface area contributed by atoms with Crippen LogP contribution in [0.2, 0.25) is 0 Å². The molecule has 23 heavy (non-hydrogen) atoms. The van der Waals surface area contributed by atoms with Gasteiger partial charge >= 0.3 is 0 Å². The average molecular weight is 317 g/mol. The van der Waals surface area contributed by atoms with Gasteiger partial charge in [-0.1, -0.05) is 0 Å². The van der Waals surface area contributed by atoms with Crippen LogP contribution in [0.1, 0.15) is 23.3 Å². The van der Waals surface area contributed by atoms with Gasteiger partial charge in [-0.15, -0.1) is 0 Å². The van der Waals surface area contributed by atoms with Crippen LogP contribution < -0.4 is 5.32 Å². The number of piperidine rings is 1. The largest absolute Gasteiger partial charge is 0.337 e. The Morgan fingerprint density at radius 1 is 1.57 bits per heavy atom. The molecule has 2 heterocycles. The highest BCUT2D eigenvalue weighted by Gasteiger charge is 2.27. The van der Waals surface area contributed by atoms with Crippen molar-refractivity contribution in [3.8, 4) is 0 Å². The average Bonchev–Trinajstić information content (AvgIpc) is 2.97. The van der Waals surface area contributed by atoms with Crippen LogP contribution in [0.15, 0.2) is 18.2 Å². The third kappa shape index (κ3) is 3.02. The number of fused-ring (bicyclic) bond motifs is 1. The highest BCUT2D eigenvalue weighted by molar-refractivity contribution is 6.05. The van der Waals surface area contributed by atoms with Crippen molar-refractivity contribution in [1.29, 1.82) is 0 Å². The third-order valence-electron chi connectivity index (χ3n) is 4.26. The summed E-state index contributed by atoms with van der Waals surface area (Å²) in [7, 11) is 1.90. The molecule has 0 aliphatic carbocycles. The number of aromatic nitrogens is 2. The fourth-order valence-electron chi connectivity index (χ4n) is 3.13. The van der Waals surface area contributed by atoms with E-state index < -0.39 is 4.92 Å². The number of hydrogen-bond donors (Lipinski definition) is 2. The summed E-state index contributed by atoms with van der Waals surface area (Å²) < 4.78 is 0. The third-order valence-corrected chi connectivity index (χ3v) is 4.26. The first kappa shape index (κ1) is 15.4. The molecule has 0 spiro atoms. The molecular formula is C15H19N5O3. The minimum absolute atomic E-state index is 0.0420. The first-order valence-electron chi connectivity index (χ1n) is 7.66. The summed E-state index contributed by atoms with van der Waals surface area (Å²) in [5.74, 6) is 0.259. The number of carbonyl (C=O) groups excluding carboxylic acids is 1. The molecule has 2 aromatic rings. The second-order valence-electron chi connectivity index (χ2n) is 5.88. The Morgan fingerprint density at radius 2 is 2.39 bits per heavy atom. The molecule has 1 amide bonds. The minimum Gasteiger partial charge on any atom is -0.337 e. The van der Waals surface area contributed by atoms with E-state index in [0.717, 1.165) is 19.4 Å². The molecule has 3 rings (SSSR count). The van der Waals surface area contributed by atoms with Crippen molar-refractivity contribution >= 4 is 22.5 Å². The van der Waals surface area contributed by atoms with E-state index in [9.17, 15) is 14.9 Å². The predicted octanol–water partition coefficient (Wildman–Crippen LogP) is 1.54. The lowest BCUT2D eigenvalue weighted by Crippen LogP contribution is -2.42. The van der Waals surface area contributed by atoms with Crippen molar-refractivity contribution in [2.75, 3.05) is 26.7 Å². The quantitative estimate of drug-likeness (QED) is 0.657. The number of H-pyrrole nitrogens is 1. The van der Waals surface area contributed by atoms with Crippen LogP contribution in [0.4, 0.5) is 5.69 Å². The second kappa shape index (κ2) is 6.33. The van der Waals surface area contributed by atoms with E-state index in [2.05, 4.69) is 15.5 Å². The van der Waals surface area contributed by atoms with Gasteiger partial charge in [0.1, 0.15) is 0 Å². The van der Waals surface area contributed by atoms with Crippen molar-refractivity contribution in [3.05, 3.63) is 34.0 Å². The van der Waals surface area contributed by atoms with Crippen LogP contribution in [0.5, 0.6) is 0 Å². The Morgan fingerprint density at radius 3 is 3.13 bits per heavy atom. The topological polar surface area (TPSA) is 104 Å². The molecule has 122 valence electrons. The summed E-state index contributed by atoms with van der Waals surface area (Å²) in [6.07, 6.45) is 2.05. The van der Waals surface area contributed by atoms with E-state index in [1.807, 2.05) is 7.05 Å². The van der Waals surface area contributed by atoms with Gasteiger partial charge in [0.2, 0.25) is 0 Å². The lowest BCUT2D eigenvalue weighted by atomic mass is 9.97. The molecule has 1 aliphatic heterocycles. The maximum Gasteiger partial charge on any atom is 0.275 e. The molecule has 0 saturated carbocycles. The monoisotopic (exact) mass is 317 g/mol. The predicted molar refractivity (Wildman–Crippen MR) is 85.3 cm³/mol. The molecular weight excluding hydrogens is 298 g/mol. The maximum absolute atomic E-state index is 12.8. The molecule has 2 N–H and O–H groups in total. The van der Waals surface area contributed by atoms with Crippen LogP contribution in [0, 0.1) is 16.0 Å². The van der Waals surface area contributed by atoms with E-state index in [1.165, 1.54) is 12.1 Å². The number of non-ortho nitro benzene ring substituents is 1. The summed E-state index contributed by atoms with van der Waals surface area (Å²) in [5.41, 5.74) is 0.844. The number of hydrogen-bond acceptors (Lipinski definition) is 5. The summed E-state index contributed by atoms with van der Waals surface area (Å²) in [5, 5.41) is 21.4. The van der Waals surface area contributed by atoms with Gasteiger partial charge in [-0.05, 0) is 38.4 Å². The fourth-order valence-corrected chi connectivity index (χ4v) is 3.13. The number of amides is 1. The number of nitro groups is 1. The van der Waals surface area contributed by atoms with Crippen LogP contribution in [0.3, 0.4) is 0 Å². The van der Waals surface area contributed by atoms with Gasteiger partial charge in [0.05, 0.1) is 10.4 Å². The number of nitrogens with zero attached hydrogens (tertiary/aromatic N) is 3. The van der Waals surface area contributed by atoms with Crippen LogP contribution in [-0.2, 0) is 0 Å². The molecule has 1 aromatic heterocycles. The molecule has 0 radical (unpaired) electrons. The molecule has 1 aromatic carbocycles. The van der Waals surface area contributed by atoms with E-state index in [0.29, 0.717) is 29.9 Å². The number of likely N-dealkylation sites (tertiary alicyclic amines) is 1. The molecule has 1 saturated heterocycles. The Kier molecular flexibility index (Phi) is 4.24. The number of nitrogens with one attached hydrogen (secondary N) is 2. The molecule has 1 fully saturated rings. The van der Waals surface area contributed by atoms with Gasteiger partial charge in [-0.2, -0.15) is 5.10 Å². The minimum atomic E-state index is -0.468. The lowest BCUT2D eigenvalue weighted by Gasteiger charge is -2.32. The summed E-state index contributed by atoms with van der Waals surface area (Å²) in [6, 6.07) is 4.39. The van der Waals surface area contributed by atoms with Gasteiger partial charge in [-0.3, -0.25) is 20.0 Å². The molecule has 1 unspecified atom stereocenters. The van der Waals surface area contributed by atoms with E-state index >= 15 is 0 Å². The van der Waals surface area contributed by atoms with Gasteiger partial charge in [0.15, 0.2) is 5.69 Å². The van der Waals surface area contributed by atoms with Crippen LogP contribution in [-0.4, -0.2) is 52.6 Å². The van der Waals surface area contributed by atoms with Crippen molar-refractivity contribution in [3.63, 3.8) is 0 Å². The van der Waals surface area contributed by atoms with Gasteiger partial charge in [0.25, 0.3) is 11.6 Å². The van der Waals surface area contributed by atoms with Crippen molar-refractivity contribution in [2.45, 2.75) is 12.8 Å². The molecule has 8 heteroatoms. The Balaban J connectivity index is 1.88. The highest BCUT2D eigenvalue weighted by atomic mass is 16.6. The van der Waals surface area contributed by atoms with Gasteiger partial charge < -0.3 is 10.2 Å². The van der Waals surface area contributed by atoms with Gasteiger partial charge in [0, 0.05) is 30.6 Å². The Labute approximate surface area is 133 Å². The van der Waals surface area contributed by atoms with Crippen molar-refractivity contribution in [2.24, 2.45) is 5.92 Å². The molecule has 1 atom stereocenters. The molecule has 1 aliphatic rings. The first-order valence-corrected chi connectivity index (χ1v) is 7.66. The Bertz CT molecular complexity index is 740. The number of aromatic amines is 1. The van der Waals surface area contributed by atoms with Crippen molar-refractivity contribution in [1.82, 2.24) is 20.4 Å². The normalized spacial score (nSPS) is 18.3.